The average Bonchev–Trinajstić information content (AvgIpc) is 2.68. The summed E-state index contributed by atoms with van der Waals surface area (Å²) in [5, 5.41) is 5.11. The molecule has 0 radical (unpaired) electrons. The number of halogens is 1. The zero-order valence-corrected chi connectivity index (χ0v) is 15.7. The Bertz CT molecular complexity index is 1030. The summed E-state index contributed by atoms with van der Waals surface area (Å²) >= 11 is 3.66. The van der Waals surface area contributed by atoms with Crippen LogP contribution in [0, 0.1) is 0 Å². The van der Waals surface area contributed by atoms with Crippen LogP contribution in [0.4, 0.5) is 5.69 Å². The monoisotopic (exact) mass is 409 g/mol. The molecule has 1 aliphatic heterocycles. The van der Waals surface area contributed by atoms with Gasteiger partial charge in [0.25, 0.3) is 0 Å². The van der Waals surface area contributed by atoms with E-state index in [1.54, 1.807) is 12.1 Å². The van der Waals surface area contributed by atoms with Gasteiger partial charge in [-0.1, -0.05) is 52.3 Å². The van der Waals surface area contributed by atoms with Gasteiger partial charge in [0.1, 0.15) is 0 Å². The molecular formula is C21H16BrNO3. The highest BCUT2D eigenvalue weighted by Crippen LogP contribution is 2.43. The molecule has 4 nitrogen and oxygen atoms in total. The van der Waals surface area contributed by atoms with E-state index in [2.05, 4.69) is 27.3 Å². The topological polar surface area (TPSA) is 55.4 Å². The highest BCUT2D eigenvalue weighted by Gasteiger charge is 2.28. The van der Waals surface area contributed by atoms with Crippen molar-refractivity contribution in [2.24, 2.45) is 0 Å². The molecule has 3 aromatic rings. The fourth-order valence-electron chi connectivity index (χ4n) is 3.52. The smallest absolute Gasteiger partial charge is 0.337 e. The molecule has 1 aliphatic rings. The van der Waals surface area contributed by atoms with Crippen LogP contribution < -0.4 is 5.32 Å². The molecule has 0 saturated carbocycles. The van der Waals surface area contributed by atoms with Crippen molar-refractivity contribution in [2.75, 3.05) is 12.4 Å². The Kier molecular flexibility index (Phi) is 4.24. The summed E-state index contributed by atoms with van der Waals surface area (Å²) in [6.07, 6.45) is 0.370. The zero-order valence-electron chi connectivity index (χ0n) is 14.1. The molecule has 0 aliphatic carbocycles. The number of nitrogens with one attached hydrogen (secondary N) is 1. The SMILES string of the molecule is COC(=O)c1ccc(C2CC(=O)Nc3c2cc(Br)c2ccccc32)cc1. The molecule has 1 amide bonds. The van der Waals surface area contributed by atoms with Crippen molar-refractivity contribution in [3.8, 4) is 0 Å². The van der Waals surface area contributed by atoms with Crippen molar-refractivity contribution in [3.63, 3.8) is 0 Å². The summed E-state index contributed by atoms with van der Waals surface area (Å²) in [6, 6.07) is 17.3. The number of rotatable bonds is 2. The summed E-state index contributed by atoms with van der Waals surface area (Å²) in [5.74, 6) is -0.439. The van der Waals surface area contributed by atoms with E-state index in [0.29, 0.717) is 12.0 Å². The first-order chi connectivity index (χ1) is 12.6. The van der Waals surface area contributed by atoms with E-state index >= 15 is 0 Å². The molecule has 1 atom stereocenters. The molecule has 26 heavy (non-hydrogen) atoms. The van der Waals surface area contributed by atoms with E-state index in [9.17, 15) is 9.59 Å². The van der Waals surface area contributed by atoms with Gasteiger partial charge in [-0.3, -0.25) is 4.79 Å². The van der Waals surface area contributed by atoms with Crippen molar-refractivity contribution < 1.29 is 14.3 Å². The Balaban J connectivity index is 1.85. The lowest BCUT2D eigenvalue weighted by Crippen LogP contribution is -2.24. The molecule has 1 unspecified atom stereocenters. The Morgan fingerprint density at radius 2 is 1.81 bits per heavy atom. The van der Waals surface area contributed by atoms with E-state index in [4.69, 9.17) is 4.74 Å². The lowest BCUT2D eigenvalue weighted by molar-refractivity contribution is -0.116. The maximum atomic E-state index is 12.4. The molecule has 0 aromatic heterocycles. The van der Waals surface area contributed by atoms with Gasteiger partial charge in [-0.15, -0.1) is 0 Å². The summed E-state index contributed by atoms with van der Waals surface area (Å²) in [7, 11) is 1.36. The van der Waals surface area contributed by atoms with Crippen molar-refractivity contribution in [1.82, 2.24) is 0 Å². The summed E-state index contributed by atoms with van der Waals surface area (Å²) in [5.41, 5.74) is 3.43. The van der Waals surface area contributed by atoms with Crippen LogP contribution in [-0.4, -0.2) is 19.0 Å². The van der Waals surface area contributed by atoms with Crippen LogP contribution in [0.5, 0.6) is 0 Å². The Hall–Kier alpha value is -2.66. The number of benzene rings is 3. The van der Waals surface area contributed by atoms with E-state index in [1.165, 1.54) is 7.11 Å². The Morgan fingerprint density at radius 3 is 2.50 bits per heavy atom. The first-order valence-electron chi connectivity index (χ1n) is 8.27. The van der Waals surface area contributed by atoms with Crippen molar-refractivity contribution in [1.29, 1.82) is 0 Å². The number of amides is 1. The minimum Gasteiger partial charge on any atom is -0.465 e. The average molecular weight is 410 g/mol. The fourth-order valence-corrected chi connectivity index (χ4v) is 4.11. The predicted molar refractivity (Wildman–Crippen MR) is 105 cm³/mol. The third-order valence-electron chi connectivity index (χ3n) is 4.79. The van der Waals surface area contributed by atoms with E-state index < -0.39 is 0 Å². The molecular weight excluding hydrogens is 394 g/mol. The number of hydrogen-bond acceptors (Lipinski definition) is 3. The normalized spacial score (nSPS) is 16.1. The van der Waals surface area contributed by atoms with Gasteiger partial charge in [0, 0.05) is 22.2 Å². The number of esters is 1. The molecule has 1 heterocycles. The second kappa shape index (κ2) is 6.57. The van der Waals surface area contributed by atoms with Gasteiger partial charge in [0.05, 0.1) is 18.4 Å². The zero-order chi connectivity index (χ0) is 18.3. The van der Waals surface area contributed by atoms with E-state index in [1.807, 2.05) is 36.4 Å². The van der Waals surface area contributed by atoms with Crippen LogP contribution in [0.2, 0.25) is 0 Å². The van der Waals surface area contributed by atoms with Gasteiger partial charge in [0.15, 0.2) is 0 Å². The van der Waals surface area contributed by atoms with Gasteiger partial charge in [-0.2, -0.15) is 0 Å². The molecule has 1 N–H and O–H groups in total. The first-order valence-corrected chi connectivity index (χ1v) is 9.07. The third kappa shape index (κ3) is 2.78. The number of hydrogen-bond donors (Lipinski definition) is 1. The lowest BCUT2D eigenvalue weighted by Gasteiger charge is -2.28. The number of carbonyl (C=O) groups excluding carboxylic acids is 2. The van der Waals surface area contributed by atoms with E-state index in [-0.39, 0.29) is 17.8 Å². The lowest BCUT2D eigenvalue weighted by atomic mass is 9.83. The molecule has 4 rings (SSSR count). The van der Waals surface area contributed by atoms with Crippen LogP contribution in [0.1, 0.15) is 33.8 Å². The number of ether oxygens (including phenoxy) is 1. The van der Waals surface area contributed by atoms with Crippen LogP contribution in [0.3, 0.4) is 0 Å². The van der Waals surface area contributed by atoms with Gasteiger partial charge < -0.3 is 10.1 Å². The minimum atomic E-state index is -0.368. The molecule has 5 heteroatoms. The van der Waals surface area contributed by atoms with Crippen molar-refractivity contribution in [3.05, 3.63) is 75.8 Å². The Morgan fingerprint density at radius 1 is 1.12 bits per heavy atom. The molecule has 0 bridgehead atoms. The summed E-state index contributed by atoms with van der Waals surface area (Å²) < 4.78 is 5.75. The molecule has 3 aromatic carbocycles. The maximum absolute atomic E-state index is 12.4. The third-order valence-corrected chi connectivity index (χ3v) is 5.44. The Labute approximate surface area is 159 Å². The fraction of sp³-hybridized carbons (Fsp3) is 0.143. The first kappa shape index (κ1) is 16.8. The minimum absolute atomic E-state index is 0.00739. The maximum Gasteiger partial charge on any atom is 0.337 e. The van der Waals surface area contributed by atoms with Crippen LogP contribution in [0.25, 0.3) is 10.8 Å². The second-order valence-corrected chi connectivity index (χ2v) is 7.14. The van der Waals surface area contributed by atoms with Gasteiger partial charge >= 0.3 is 5.97 Å². The van der Waals surface area contributed by atoms with Gasteiger partial charge in [-0.25, -0.2) is 4.79 Å². The predicted octanol–water partition coefficient (Wildman–Crippen LogP) is 4.86. The summed E-state index contributed by atoms with van der Waals surface area (Å²) in [6.45, 7) is 0. The van der Waals surface area contributed by atoms with Gasteiger partial charge in [0.2, 0.25) is 5.91 Å². The second-order valence-electron chi connectivity index (χ2n) is 6.29. The van der Waals surface area contributed by atoms with Crippen molar-refractivity contribution in [2.45, 2.75) is 12.3 Å². The largest absolute Gasteiger partial charge is 0.465 e. The van der Waals surface area contributed by atoms with Crippen molar-refractivity contribution >= 4 is 44.3 Å². The summed E-state index contributed by atoms with van der Waals surface area (Å²) in [4.78, 5) is 24.0. The van der Waals surface area contributed by atoms with Crippen LogP contribution in [-0.2, 0) is 9.53 Å². The number of anilines is 1. The van der Waals surface area contributed by atoms with Gasteiger partial charge in [-0.05, 0) is 34.7 Å². The molecule has 130 valence electrons. The standard InChI is InChI=1S/C21H16BrNO3/c1-26-21(25)13-8-6-12(7-9-13)16-11-19(24)23-20-15-5-3-2-4-14(15)18(22)10-17(16)20/h2-10,16H,11H2,1H3,(H,23,24). The number of methoxy groups -OCH3 is 1. The molecule has 0 saturated heterocycles. The molecule has 0 fully saturated rings. The van der Waals surface area contributed by atoms with Crippen LogP contribution in [0.15, 0.2) is 59.1 Å². The molecule has 0 spiro atoms. The highest BCUT2D eigenvalue weighted by molar-refractivity contribution is 9.10. The highest BCUT2D eigenvalue weighted by atomic mass is 79.9. The quantitative estimate of drug-likeness (QED) is 0.614. The van der Waals surface area contributed by atoms with E-state index in [0.717, 1.165) is 32.1 Å². The number of fused-ring (bicyclic) bond motifs is 3. The number of carbonyl (C=O) groups is 2. The van der Waals surface area contributed by atoms with Crippen LogP contribution >= 0.6 is 15.9 Å².